The summed E-state index contributed by atoms with van der Waals surface area (Å²) in [6.07, 6.45) is 3.20. The topological polar surface area (TPSA) is 57.3 Å². The number of aromatic nitrogens is 1. The first-order valence-corrected chi connectivity index (χ1v) is 5.97. The van der Waals surface area contributed by atoms with Crippen molar-refractivity contribution >= 4 is 23.2 Å². The Kier molecular flexibility index (Phi) is 4.17. The van der Waals surface area contributed by atoms with Crippen molar-refractivity contribution in [2.24, 2.45) is 0 Å². The number of piperazine rings is 1. The van der Waals surface area contributed by atoms with Crippen molar-refractivity contribution in [1.29, 1.82) is 0 Å². The molecule has 1 aliphatic heterocycles. The van der Waals surface area contributed by atoms with E-state index in [1.165, 1.54) is 0 Å². The van der Waals surface area contributed by atoms with Crippen LogP contribution >= 0.6 is 11.6 Å². The number of carbonyl (C=O) groups is 1. The number of nitrogens with one attached hydrogen (secondary N) is 2. The molecule has 2 rings (SSSR count). The van der Waals surface area contributed by atoms with Gasteiger partial charge in [0, 0.05) is 38.6 Å². The molecular weight excluding hydrogens is 240 g/mol. The van der Waals surface area contributed by atoms with Crippen LogP contribution in [-0.2, 0) is 4.79 Å². The van der Waals surface area contributed by atoms with Crippen molar-refractivity contribution in [2.75, 3.05) is 38.0 Å². The van der Waals surface area contributed by atoms with Gasteiger partial charge in [-0.25, -0.2) is 0 Å². The molecule has 5 nitrogen and oxygen atoms in total. The summed E-state index contributed by atoms with van der Waals surface area (Å²) in [4.78, 5) is 17.6. The quantitative estimate of drug-likeness (QED) is 0.829. The van der Waals surface area contributed by atoms with Crippen LogP contribution in [0.2, 0.25) is 5.02 Å². The Balaban J connectivity index is 1.85. The fourth-order valence-electron chi connectivity index (χ4n) is 1.72. The van der Waals surface area contributed by atoms with E-state index >= 15 is 0 Å². The molecule has 1 amide bonds. The van der Waals surface area contributed by atoms with E-state index in [2.05, 4.69) is 15.6 Å². The van der Waals surface area contributed by atoms with Gasteiger partial charge in [-0.05, 0) is 6.07 Å². The third-order valence-corrected chi connectivity index (χ3v) is 2.97. The maximum absolute atomic E-state index is 11.9. The van der Waals surface area contributed by atoms with Gasteiger partial charge in [0.25, 0.3) is 0 Å². The Bertz CT molecular complexity index is 393. The fourth-order valence-corrected chi connectivity index (χ4v) is 1.90. The SMILES string of the molecule is O=C(CNc1ccncc1Cl)N1CCNCC1. The van der Waals surface area contributed by atoms with Gasteiger partial charge in [0.2, 0.25) is 5.91 Å². The molecule has 1 aromatic rings. The van der Waals surface area contributed by atoms with Crippen LogP contribution in [0.1, 0.15) is 0 Å². The summed E-state index contributed by atoms with van der Waals surface area (Å²) in [5.41, 5.74) is 0.741. The molecule has 0 saturated carbocycles. The molecule has 1 aromatic heterocycles. The van der Waals surface area contributed by atoms with E-state index in [9.17, 15) is 4.79 Å². The number of hydrogen-bond donors (Lipinski definition) is 2. The van der Waals surface area contributed by atoms with Crippen LogP contribution in [0, 0.1) is 0 Å². The van der Waals surface area contributed by atoms with E-state index in [0.717, 1.165) is 31.9 Å². The Morgan fingerprint density at radius 3 is 3.00 bits per heavy atom. The van der Waals surface area contributed by atoms with Crippen LogP contribution in [0.25, 0.3) is 0 Å². The lowest BCUT2D eigenvalue weighted by molar-refractivity contribution is -0.129. The Labute approximate surface area is 105 Å². The standard InChI is InChI=1S/C11H15ClN4O/c12-9-7-14-2-1-10(9)15-8-11(17)16-5-3-13-4-6-16/h1-2,7,13H,3-6,8H2,(H,14,15). The van der Waals surface area contributed by atoms with E-state index in [4.69, 9.17) is 11.6 Å². The lowest BCUT2D eigenvalue weighted by Crippen LogP contribution is -2.48. The summed E-state index contributed by atoms with van der Waals surface area (Å²) in [7, 11) is 0. The summed E-state index contributed by atoms with van der Waals surface area (Å²) < 4.78 is 0. The van der Waals surface area contributed by atoms with Crippen molar-refractivity contribution < 1.29 is 4.79 Å². The monoisotopic (exact) mass is 254 g/mol. The molecule has 1 aliphatic rings. The summed E-state index contributed by atoms with van der Waals surface area (Å²) in [6, 6.07) is 1.76. The zero-order chi connectivity index (χ0) is 12.1. The van der Waals surface area contributed by atoms with Gasteiger partial charge in [-0.15, -0.1) is 0 Å². The first-order valence-electron chi connectivity index (χ1n) is 5.59. The zero-order valence-corrected chi connectivity index (χ0v) is 10.2. The molecule has 0 spiro atoms. The molecule has 0 radical (unpaired) electrons. The lowest BCUT2D eigenvalue weighted by Gasteiger charge is -2.27. The molecule has 6 heteroatoms. The van der Waals surface area contributed by atoms with Crippen molar-refractivity contribution in [2.45, 2.75) is 0 Å². The summed E-state index contributed by atoms with van der Waals surface area (Å²) in [6.45, 7) is 3.53. The second kappa shape index (κ2) is 5.84. The third kappa shape index (κ3) is 3.31. The number of halogens is 1. The van der Waals surface area contributed by atoms with Crippen LogP contribution in [-0.4, -0.2) is 48.5 Å². The van der Waals surface area contributed by atoms with Crippen LogP contribution in [0.3, 0.4) is 0 Å². The number of rotatable bonds is 3. The highest BCUT2D eigenvalue weighted by atomic mass is 35.5. The largest absolute Gasteiger partial charge is 0.375 e. The van der Waals surface area contributed by atoms with Crippen molar-refractivity contribution in [3.8, 4) is 0 Å². The molecule has 0 aromatic carbocycles. The van der Waals surface area contributed by atoms with Gasteiger partial charge in [0.15, 0.2) is 0 Å². The van der Waals surface area contributed by atoms with Gasteiger partial charge in [0.05, 0.1) is 17.3 Å². The van der Waals surface area contributed by atoms with Gasteiger partial charge in [-0.2, -0.15) is 0 Å². The first kappa shape index (κ1) is 12.1. The molecule has 2 N–H and O–H groups in total. The third-order valence-electron chi connectivity index (χ3n) is 2.67. The number of anilines is 1. The number of hydrogen-bond acceptors (Lipinski definition) is 4. The van der Waals surface area contributed by atoms with Crippen LogP contribution < -0.4 is 10.6 Å². The maximum atomic E-state index is 11.9. The predicted molar refractivity (Wildman–Crippen MR) is 67.2 cm³/mol. The number of nitrogens with zero attached hydrogens (tertiary/aromatic N) is 2. The highest BCUT2D eigenvalue weighted by Gasteiger charge is 2.15. The van der Waals surface area contributed by atoms with Gasteiger partial charge in [-0.1, -0.05) is 11.6 Å². The number of carbonyl (C=O) groups excluding carboxylic acids is 1. The van der Waals surface area contributed by atoms with E-state index in [1.807, 2.05) is 4.90 Å². The number of amides is 1. The molecule has 0 aliphatic carbocycles. The van der Waals surface area contributed by atoms with Gasteiger partial charge in [-0.3, -0.25) is 9.78 Å². The highest BCUT2D eigenvalue weighted by Crippen LogP contribution is 2.18. The van der Waals surface area contributed by atoms with Gasteiger partial charge >= 0.3 is 0 Å². The lowest BCUT2D eigenvalue weighted by atomic mass is 10.3. The Hall–Kier alpha value is -1.33. The smallest absolute Gasteiger partial charge is 0.241 e. The normalized spacial score (nSPS) is 15.7. The van der Waals surface area contributed by atoms with Crippen molar-refractivity contribution in [3.05, 3.63) is 23.5 Å². The van der Waals surface area contributed by atoms with Crippen LogP contribution in [0.15, 0.2) is 18.5 Å². The molecule has 92 valence electrons. The molecule has 1 saturated heterocycles. The van der Waals surface area contributed by atoms with Gasteiger partial charge < -0.3 is 15.5 Å². The second-order valence-corrected chi connectivity index (χ2v) is 4.25. The Morgan fingerprint density at radius 1 is 1.53 bits per heavy atom. The predicted octanol–water partition coefficient (Wildman–Crippen LogP) is 0.579. The minimum absolute atomic E-state index is 0.0966. The van der Waals surface area contributed by atoms with E-state index in [-0.39, 0.29) is 12.5 Å². The minimum atomic E-state index is 0.0966. The summed E-state index contributed by atoms with van der Waals surface area (Å²) in [5.74, 6) is 0.0966. The molecule has 0 bridgehead atoms. The maximum Gasteiger partial charge on any atom is 0.241 e. The fraction of sp³-hybridized carbons (Fsp3) is 0.455. The Morgan fingerprint density at radius 2 is 2.29 bits per heavy atom. The van der Waals surface area contributed by atoms with Crippen LogP contribution in [0.4, 0.5) is 5.69 Å². The average molecular weight is 255 g/mol. The molecular formula is C11H15ClN4O. The van der Waals surface area contributed by atoms with Crippen LogP contribution in [0.5, 0.6) is 0 Å². The van der Waals surface area contributed by atoms with Crippen molar-refractivity contribution in [1.82, 2.24) is 15.2 Å². The highest BCUT2D eigenvalue weighted by molar-refractivity contribution is 6.33. The molecule has 0 atom stereocenters. The first-order chi connectivity index (χ1) is 8.27. The molecule has 0 unspecified atom stereocenters. The number of pyridine rings is 1. The zero-order valence-electron chi connectivity index (χ0n) is 9.45. The summed E-state index contributed by atoms with van der Waals surface area (Å²) >= 11 is 5.93. The summed E-state index contributed by atoms with van der Waals surface area (Å²) in [5, 5.41) is 6.76. The average Bonchev–Trinajstić information content (AvgIpc) is 2.38. The molecule has 17 heavy (non-hydrogen) atoms. The van der Waals surface area contributed by atoms with E-state index < -0.39 is 0 Å². The van der Waals surface area contributed by atoms with Gasteiger partial charge in [0.1, 0.15) is 0 Å². The van der Waals surface area contributed by atoms with Crippen molar-refractivity contribution in [3.63, 3.8) is 0 Å². The minimum Gasteiger partial charge on any atom is -0.375 e. The van der Waals surface area contributed by atoms with E-state index in [0.29, 0.717) is 5.02 Å². The molecule has 1 fully saturated rings. The molecule has 2 heterocycles. The van der Waals surface area contributed by atoms with E-state index in [1.54, 1.807) is 18.5 Å². The second-order valence-electron chi connectivity index (χ2n) is 3.84.